The third-order valence-electron chi connectivity index (χ3n) is 2.73. The van der Waals surface area contributed by atoms with Crippen LogP contribution in [0.2, 0.25) is 0 Å². The van der Waals surface area contributed by atoms with Crippen molar-refractivity contribution in [1.29, 1.82) is 0 Å². The fraction of sp³-hybridized carbons (Fsp3) is 1.00. The minimum absolute atomic E-state index is 0. The highest BCUT2D eigenvalue weighted by atomic mass is 35.5. The Morgan fingerprint density at radius 3 is 2.27 bits per heavy atom. The van der Waals surface area contributed by atoms with E-state index in [1.54, 1.807) is 0 Å². The van der Waals surface area contributed by atoms with Gasteiger partial charge >= 0.3 is 0 Å². The number of rotatable bonds is 2. The van der Waals surface area contributed by atoms with Crippen LogP contribution in [0.15, 0.2) is 0 Å². The molecule has 0 heterocycles. The van der Waals surface area contributed by atoms with Crippen LogP contribution in [0.1, 0.15) is 45.4 Å². The van der Waals surface area contributed by atoms with Crippen molar-refractivity contribution in [2.75, 3.05) is 0 Å². The first-order valence-electron chi connectivity index (χ1n) is 4.60. The van der Waals surface area contributed by atoms with Crippen molar-refractivity contribution in [3.05, 3.63) is 0 Å². The first-order chi connectivity index (χ1) is 4.84. The average Bonchev–Trinajstić information content (AvgIpc) is 2.05. The van der Waals surface area contributed by atoms with Gasteiger partial charge in [-0.3, -0.25) is 0 Å². The van der Waals surface area contributed by atoms with E-state index >= 15 is 0 Å². The Labute approximate surface area is 76.1 Å². The van der Waals surface area contributed by atoms with Gasteiger partial charge in [0.25, 0.3) is 0 Å². The van der Waals surface area contributed by atoms with E-state index < -0.39 is 0 Å². The van der Waals surface area contributed by atoms with Gasteiger partial charge in [-0.25, -0.2) is 0 Å². The largest absolute Gasteiger partial charge is 0.327 e. The first kappa shape index (κ1) is 11.2. The van der Waals surface area contributed by atoms with Crippen LogP contribution in [0.3, 0.4) is 0 Å². The minimum atomic E-state index is 0. The monoisotopic (exact) mass is 177 g/mol. The van der Waals surface area contributed by atoms with E-state index in [4.69, 9.17) is 5.73 Å². The maximum Gasteiger partial charge on any atom is 0.00645 e. The Hall–Kier alpha value is 0.250. The van der Waals surface area contributed by atoms with Crippen LogP contribution in [-0.4, -0.2) is 6.04 Å². The van der Waals surface area contributed by atoms with E-state index in [9.17, 15) is 0 Å². The predicted octanol–water partition coefficient (Wildman–Crippen LogP) is 2.73. The number of halogens is 1. The topological polar surface area (TPSA) is 26.0 Å². The molecule has 1 rings (SSSR count). The summed E-state index contributed by atoms with van der Waals surface area (Å²) in [5, 5.41) is 0. The number of hydrogen-bond acceptors (Lipinski definition) is 1. The lowest BCUT2D eigenvalue weighted by atomic mass is 9.83. The highest BCUT2D eigenvalue weighted by Gasteiger charge is 2.18. The first-order valence-corrected chi connectivity index (χ1v) is 4.60. The van der Waals surface area contributed by atoms with Gasteiger partial charge in [-0.15, -0.1) is 12.4 Å². The molecule has 0 bridgehead atoms. The smallest absolute Gasteiger partial charge is 0.00645 e. The van der Waals surface area contributed by atoms with Gasteiger partial charge in [0, 0.05) is 6.04 Å². The van der Waals surface area contributed by atoms with E-state index in [2.05, 4.69) is 6.92 Å². The molecule has 0 unspecified atom stereocenters. The lowest BCUT2D eigenvalue weighted by Crippen LogP contribution is -2.30. The zero-order valence-electron chi connectivity index (χ0n) is 7.38. The number of nitrogens with two attached hydrogens (primary N) is 1. The van der Waals surface area contributed by atoms with Gasteiger partial charge in [0.1, 0.15) is 0 Å². The molecule has 1 saturated carbocycles. The maximum absolute atomic E-state index is 5.95. The molecule has 1 atom stereocenters. The third-order valence-corrected chi connectivity index (χ3v) is 2.73. The molecule has 1 aliphatic rings. The van der Waals surface area contributed by atoms with Gasteiger partial charge in [0.15, 0.2) is 0 Å². The Morgan fingerprint density at radius 1 is 1.27 bits per heavy atom. The van der Waals surface area contributed by atoms with Crippen LogP contribution in [0.4, 0.5) is 0 Å². The van der Waals surface area contributed by atoms with Crippen LogP contribution < -0.4 is 5.73 Å². The molecule has 0 saturated heterocycles. The van der Waals surface area contributed by atoms with Crippen molar-refractivity contribution in [3.8, 4) is 0 Å². The molecule has 0 aromatic heterocycles. The summed E-state index contributed by atoms with van der Waals surface area (Å²) in [6.45, 7) is 2.19. The Bertz CT molecular complexity index is 89.6. The van der Waals surface area contributed by atoms with Crippen LogP contribution >= 0.6 is 12.4 Å². The molecule has 68 valence electrons. The van der Waals surface area contributed by atoms with Crippen LogP contribution in [-0.2, 0) is 0 Å². The maximum atomic E-state index is 5.95. The Balaban J connectivity index is 0.000001000. The van der Waals surface area contributed by atoms with Gasteiger partial charge in [0.2, 0.25) is 0 Å². The molecule has 0 amide bonds. The highest BCUT2D eigenvalue weighted by Crippen LogP contribution is 2.26. The summed E-state index contributed by atoms with van der Waals surface area (Å²) in [6.07, 6.45) is 8.19. The van der Waals surface area contributed by atoms with Gasteiger partial charge in [-0.05, 0) is 25.2 Å². The third kappa shape index (κ3) is 3.44. The molecule has 1 fully saturated rings. The summed E-state index contributed by atoms with van der Waals surface area (Å²) >= 11 is 0. The quantitative estimate of drug-likeness (QED) is 0.690. The van der Waals surface area contributed by atoms with E-state index in [1.165, 1.54) is 32.1 Å². The molecular formula is C9H20ClN. The SMILES string of the molecule is CC[C@@H](N)C1CCCCC1.Cl. The molecular weight excluding hydrogens is 158 g/mol. The second kappa shape index (κ2) is 5.84. The van der Waals surface area contributed by atoms with Crippen molar-refractivity contribution in [3.63, 3.8) is 0 Å². The van der Waals surface area contributed by atoms with Gasteiger partial charge in [-0.2, -0.15) is 0 Å². The Kier molecular flexibility index (Phi) is 5.98. The fourth-order valence-corrected chi connectivity index (χ4v) is 1.90. The molecule has 0 aromatic rings. The standard InChI is InChI=1S/C9H19N.ClH/c1-2-9(10)8-6-4-3-5-7-8;/h8-9H,2-7,10H2,1H3;1H/t9-;/m1./s1. The van der Waals surface area contributed by atoms with Gasteiger partial charge in [-0.1, -0.05) is 26.2 Å². The molecule has 2 N–H and O–H groups in total. The second-order valence-corrected chi connectivity index (χ2v) is 3.47. The van der Waals surface area contributed by atoms with Crippen molar-refractivity contribution in [1.82, 2.24) is 0 Å². The molecule has 0 aromatic carbocycles. The van der Waals surface area contributed by atoms with E-state index in [1.807, 2.05) is 0 Å². The molecule has 1 aliphatic carbocycles. The predicted molar refractivity (Wildman–Crippen MR) is 52.1 cm³/mol. The summed E-state index contributed by atoms with van der Waals surface area (Å²) < 4.78 is 0. The van der Waals surface area contributed by atoms with Crippen LogP contribution in [0.25, 0.3) is 0 Å². The highest BCUT2D eigenvalue weighted by molar-refractivity contribution is 5.85. The van der Waals surface area contributed by atoms with Crippen molar-refractivity contribution in [2.45, 2.75) is 51.5 Å². The van der Waals surface area contributed by atoms with Crippen molar-refractivity contribution < 1.29 is 0 Å². The molecule has 11 heavy (non-hydrogen) atoms. The van der Waals surface area contributed by atoms with E-state index in [0.29, 0.717) is 6.04 Å². The summed E-state index contributed by atoms with van der Waals surface area (Å²) in [6, 6.07) is 0.486. The van der Waals surface area contributed by atoms with Gasteiger partial charge < -0.3 is 5.73 Å². The average molecular weight is 178 g/mol. The minimum Gasteiger partial charge on any atom is -0.327 e. The molecule has 0 aliphatic heterocycles. The molecule has 0 spiro atoms. The molecule has 1 nitrogen and oxygen atoms in total. The fourth-order valence-electron chi connectivity index (χ4n) is 1.90. The second-order valence-electron chi connectivity index (χ2n) is 3.47. The van der Waals surface area contributed by atoms with Crippen LogP contribution in [0, 0.1) is 5.92 Å². The molecule has 2 heteroatoms. The molecule has 0 radical (unpaired) electrons. The van der Waals surface area contributed by atoms with E-state index in [0.717, 1.165) is 12.3 Å². The van der Waals surface area contributed by atoms with Gasteiger partial charge in [0.05, 0.1) is 0 Å². The lowest BCUT2D eigenvalue weighted by Gasteiger charge is -2.26. The summed E-state index contributed by atoms with van der Waals surface area (Å²) in [4.78, 5) is 0. The van der Waals surface area contributed by atoms with Crippen molar-refractivity contribution >= 4 is 12.4 Å². The Morgan fingerprint density at radius 2 is 1.82 bits per heavy atom. The summed E-state index contributed by atoms with van der Waals surface area (Å²) in [5.74, 6) is 0.846. The summed E-state index contributed by atoms with van der Waals surface area (Å²) in [5.41, 5.74) is 5.95. The number of hydrogen-bond donors (Lipinski definition) is 1. The van der Waals surface area contributed by atoms with E-state index in [-0.39, 0.29) is 12.4 Å². The zero-order valence-corrected chi connectivity index (χ0v) is 8.20. The van der Waals surface area contributed by atoms with Crippen molar-refractivity contribution in [2.24, 2.45) is 11.7 Å². The normalized spacial score (nSPS) is 22.4. The summed E-state index contributed by atoms with van der Waals surface area (Å²) in [7, 11) is 0. The van der Waals surface area contributed by atoms with Crippen LogP contribution in [0.5, 0.6) is 0 Å². The lowest BCUT2D eigenvalue weighted by molar-refractivity contribution is 0.300. The zero-order chi connectivity index (χ0) is 7.40.